The van der Waals surface area contributed by atoms with E-state index in [0.29, 0.717) is 6.54 Å². The van der Waals surface area contributed by atoms with E-state index in [1.54, 1.807) is 16.2 Å². The third-order valence-corrected chi connectivity index (χ3v) is 9.06. The Kier molecular flexibility index (Phi) is 12.7. The number of halogens is 1. The molecule has 0 saturated carbocycles. The first-order valence-electron chi connectivity index (χ1n) is 14.2. The maximum Gasteiger partial charge on any atom is 0.243 e. The van der Waals surface area contributed by atoms with Crippen LogP contribution in [0, 0.1) is 12.3 Å². The van der Waals surface area contributed by atoms with Crippen LogP contribution in [0.4, 0.5) is 0 Å². The molecule has 1 aromatic carbocycles. The maximum absolute atomic E-state index is 13.7. The molecule has 3 atom stereocenters. The lowest BCUT2D eigenvalue weighted by atomic mass is 9.85. The van der Waals surface area contributed by atoms with Crippen LogP contribution in [0.1, 0.15) is 77.0 Å². The van der Waals surface area contributed by atoms with Crippen molar-refractivity contribution in [2.75, 3.05) is 17.5 Å². The van der Waals surface area contributed by atoms with Crippen LogP contribution in [-0.2, 0) is 16.1 Å². The Morgan fingerprint density at radius 2 is 1.79 bits per heavy atom. The van der Waals surface area contributed by atoms with Crippen molar-refractivity contribution in [1.29, 1.82) is 0 Å². The predicted molar refractivity (Wildman–Crippen MR) is 168 cm³/mol. The van der Waals surface area contributed by atoms with Crippen LogP contribution in [0.2, 0.25) is 0 Å². The number of aliphatic hydroxyl groups is 1. The number of aryl methyl sites for hydroxylation is 1. The van der Waals surface area contributed by atoms with Crippen LogP contribution in [0.3, 0.4) is 0 Å². The van der Waals surface area contributed by atoms with Gasteiger partial charge in [-0.3, -0.25) is 9.59 Å². The molecule has 2 aromatic rings. The summed E-state index contributed by atoms with van der Waals surface area (Å²) in [5.41, 5.74) is 4.63. The number of hydrogen-bond acceptors (Lipinski definition) is 6. The average molecular weight is 669 g/mol. The van der Waals surface area contributed by atoms with Crippen molar-refractivity contribution >= 4 is 45.7 Å². The molecule has 1 saturated heterocycles. The fourth-order valence-electron chi connectivity index (χ4n) is 5.07. The minimum atomic E-state index is -0.699. The number of carbonyl (C=O) groups excluding carboxylic acids is 2. The number of benzene rings is 1. The number of amides is 2. The van der Waals surface area contributed by atoms with Crippen LogP contribution in [0.5, 0.6) is 0 Å². The van der Waals surface area contributed by atoms with Crippen molar-refractivity contribution in [3.8, 4) is 10.4 Å². The van der Waals surface area contributed by atoms with E-state index in [-0.39, 0.29) is 30.2 Å². The van der Waals surface area contributed by atoms with E-state index < -0.39 is 18.2 Å². The van der Waals surface area contributed by atoms with Crippen molar-refractivity contribution < 1.29 is 14.7 Å². The molecule has 3 N–H and O–H groups in total. The minimum absolute atomic E-state index is 0.106. The highest BCUT2D eigenvalue weighted by atomic mass is 127. The first kappa shape index (κ1) is 32.0. The van der Waals surface area contributed by atoms with Gasteiger partial charge in [0, 0.05) is 19.5 Å². The summed E-state index contributed by atoms with van der Waals surface area (Å²) in [6.07, 6.45) is 6.80. The fourth-order valence-corrected chi connectivity index (χ4v) is 6.42. The van der Waals surface area contributed by atoms with Crippen LogP contribution in [-0.4, -0.2) is 62.5 Å². The molecule has 9 heteroatoms. The van der Waals surface area contributed by atoms with Crippen molar-refractivity contribution in [3.05, 3.63) is 41.0 Å². The summed E-state index contributed by atoms with van der Waals surface area (Å²) in [5, 5.41) is 16.9. The zero-order valence-corrected chi connectivity index (χ0v) is 26.8. The number of aromatic nitrogens is 1. The minimum Gasteiger partial charge on any atom is -0.391 e. The topological polar surface area (TPSA) is 94.6 Å². The zero-order valence-electron chi connectivity index (χ0n) is 23.8. The van der Waals surface area contributed by atoms with E-state index in [0.717, 1.165) is 41.1 Å². The van der Waals surface area contributed by atoms with Gasteiger partial charge in [-0.05, 0) is 47.3 Å². The van der Waals surface area contributed by atoms with Gasteiger partial charge < -0.3 is 20.6 Å². The van der Waals surface area contributed by atoms with E-state index >= 15 is 0 Å². The Bertz CT molecular complexity index is 1050. The summed E-state index contributed by atoms with van der Waals surface area (Å²) in [6.45, 7) is 9.46. The van der Waals surface area contributed by atoms with Crippen molar-refractivity contribution in [2.45, 2.75) is 97.4 Å². The van der Waals surface area contributed by atoms with E-state index in [9.17, 15) is 14.7 Å². The summed E-state index contributed by atoms with van der Waals surface area (Å²) < 4.78 is 1.22. The molecule has 1 unspecified atom stereocenters. The van der Waals surface area contributed by atoms with Crippen LogP contribution < -0.4 is 10.6 Å². The smallest absolute Gasteiger partial charge is 0.243 e. The van der Waals surface area contributed by atoms with Crippen molar-refractivity contribution in [2.24, 2.45) is 5.41 Å². The lowest BCUT2D eigenvalue weighted by Gasteiger charge is -2.35. The van der Waals surface area contributed by atoms with Gasteiger partial charge in [-0.15, -0.1) is 11.3 Å². The Morgan fingerprint density at radius 1 is 1.13 bits per heavy atom. The highest BCUT2D eigenvalue weighted by Crippen LogP contribution is 2.28. The predicted octanol–water partition coefficient (Wildman–Crippen LogP) is 5.48. The third kappa shape index (κ3) is 9.50. The van der Waals surface area contributed by atoms with Crippen LogP contribution in [0.25, 0.3) is 10.4 Å². The van der Waals surface area contributed by atoms with Gasteiger partial charge in [0.1, 0.15) is 6.04 Å². The second-order valence-corrected chi connectivity index (χ2v) is 13.6. The fraction of sp³-hybridized carbons (Fsp3) is 0.633. The summed E-state index contributed by atoms with van der Waals surface area (Å²) in [7, 11) is 0. The second-order valence-electron chi connectivity index (χ2n) is 11.6. The summed E-state index contributed by atoms with van der Waals surface area (Å²) in [5.74, 6) is -0.327. The third-order valence-electron chi connectivity index (χ3n) is 7.31. The first-order chi connectivity index (χ1) is 18.6. The van der Waals surface area contributed by atoms with Gasteiger partial charge >= 0.3 is 0 Å². The molecule has 1 fully saturated rings. The average Bonchev–Trinajstić information content (AvgIpc) is 3.51. The number of nitrogens with one attached hydrogen (secondary N) is 2. The number of hydrogen-bond donors (Lipinski definition) is 3. The lowest BCUT2D eigenvalue weighted by molar-refractivity contribution is -0.142. The van der Waals surface area contributed by atoms with Gasteiger partial charge in [-0.25, -0.2) is 4.98 Å². The molecule has 3 rings (SSSR count). The number of carbonyl (C=O) groups is 2. The highest BCUT2D eigenvalue weighted by Gasteiger charge is 2.43. The molecular formula is C30H45IN4O3S. The number of rotatable bonds is 14. The molecule has 39 heavy (non-hydrogen) atoms. The molecule has 7 nitrogen and oxygen atoms in total. The zero-order chi connectivity index (χ0) is 28.4. The number of nitrogens with zero attached hydrogens (tertiary/aromatic N) is 2. The summed E-state index contributed by atoms with van der Waals surface area (Å²) in [4.78, 5) is 34.0. The molecular weight excluding hydrogens is 623 g/mol. The van der Waals surface area contributed by atoms with Gasteiger partial charge in [-0.2, -0.15) is 0 Å². The van der Waals surface area contributed by atoms with E-state index in [1.807, 2.05) is 57.5 Å². The molecule has 2 heterocycles. The molecule has 1 aliphatic rings. The number of likely N-dealkylation sites (tertiary alicyclic amines) is 1. The normalized spacial score (nSPS) is 18.4. The number of thiazole rings is 1. The summed E-state index contributed by atoms with van der Waals surface area (Å²) >= 11 is 4.04. The number of unbranched alkanes of at least 4 members (excludes halogenated alkanes) is 5. The van der Waals surface area contributed by atoms with Gasteiger partial charge in [0.15, 0.2) is 0 Å². The van der Waals surface area contributed by atoms with Crippen LogP contribution in [0.15, 0.2) is 29.8 Å². The van der Waals surface area contributed by atoms with E-state index in [2.05, 4.69) is 38.2 Å². The lowest BCUT2D eigenvalue weighted by Crippen LogP contribution is -2.56. The largest absolute Gasteiger partial charge is 0.391 e. The summed E-state index contributed by atoms with van der Waals surface area (Å²) in [6, 6.07) is 7.01. The van der Waals surface area contributed by atoms with Gasteiger partial charge in [-0.1, -0.05) is 93.3 Å². The quantitative estimate of drug-likeness (QED) is 0.141. The SMILES string of the molecule is Cc1ncsc1-c1ccc(CNC(=O)[C@@H]2C[C@@H](O)CN2C(=O)C(NCCCCCCCCI)C(C)(C)C)cc1. The first-order valence-corrected chi connectivity index (χ1v) is 16.6. The molecule has 0 bridgehead atoms. The van der Waals surface area contributed by atoms with E-state index in [4.69, 9.17) is 0 Å². The second kappa shape index (κ2) is 15.4. The number of alkyl halides is 1. The van der Waals surface area contributed by atoms with E-state index in [1.165, 1.54) is 30.1 Å². The van der Waals surface area contributed by atoms with Gasteiger partial charge in [0.05, 0.1) is 28.2 Å². The molecule has 0 spiro atoms. The maximum atomic E-state index is 13.7. The van der Waals surface area contributed by atoms with Crippen molar-refractivity contribution in [3.63, 3.8) is 0 Å². The Hall–Kier alpha value is -1.56. The van der Waals surface area contributed by atoms with Crippen LogP contribution >= 0.6 is 33.9 Å². The number of β-amino-alcohol motifs (C(OH)–C–C–N with tert-alkyl or cyclic N) is 1. The molecule has 0 radical (unpaired) electrons. The Labute approximate surface area is 251 Å². The Morgan fingerprint density at radius 3 is 2.41 bits per heavy atom. The van der Waals surface area contributed by atoms with Gasteiger partial charge in [0.25, 0.3) is 0 Å². The van der Waals surface area contributed by atoms with Crippen molar-refractivity contribution in [1.82, 2.24) is 20.5 Å². The molecule has 2 amide bonds. The molecule has 216 valence electrons. The van der Waals surface area contributed by atoms with Gasteiger partial charge in [0.2, 0.25) is 11.8 Å². The molecule has 1 aliphatic heterocycles. The molecule has 1 aromatic heterocycles. The number of aliphatic hydroxyl groups excluding tert-OH is 1. The molecule has 0 aliphatic carbocycles. The highest BCUT2D eigenvalue weighted by molar-refractivity contribution is 14.1. The Balaban J connectivity index is 1.55. The monoisotopic (exact) mass is 668 g/mol. The standard InChI is InChI=1S/C30H45IN4O3S/c1-21-26(39-20-34-21)23-13-11-22(12-14-23)18-33-28(37)25-17-24(36)19-35(25)29(38)27(30(2,3)4)32-16-10-8-6-5-7-9-15-31/h11-14,20,24-25,27,32,36H,5-10,15-19H2,1-4H3,(H,33,37)/t24-,25+,27?/m1/s1.